The Morgan fingerprint density at radius 3 is 2.78 bits per heavy atom. The Labute approximate surface area is 115 Å². The van der Waals surface area contributed by atoms with Crippen LogP contribution in [0.25, 0.3) is 0 Å². The monoisotopic (exact) mass is 266 g/mol. The fourth-order valence-electron chi connectivity index (χ4n) is 2.83. The van der Waals surface area contributed by atoms with Gasteiger partial charge in [0.1, 0.15) is 0 Å². The van der Waals surface area contributed by atoms with E-state index in [1.807, 2.05) is 12.1 Å². The van der Waals surface area contributed by atoms with Gasteiger partial charge >= 0.3 is 0 Å². The topological polar surface area (TPSA) is 15.3 Å². The smallest absolute Gasteiger partial charge is 0.0453 e. The molecule has 1 saturated heterocycles. The molecule has 2 nitrogen and oxygen atoms in total. The van der Waals surface area contributed by atoms with Gasteiger partial charge in [0.25, 0.3) is 0 Å². The Morgan fingerprint density at radius 1 is 1.39 bits per heavy atom. The van der Waals surface area contributed by atoms with E-state index in [1.165, 1.54) is 12.0 Å². The third-order valence-corrected chi connectivity index (χ3v) is 4.13. The normalized spacial score (nSPS) is 24.9. The van der Waals surface area contributed by atoms with Gasteiger partial charge in [0, 0.05) is 23.7 Å². The second kappa shape index (κ2) is 6.05. The third kappa shape index (κ3) is 3.05. The molecule has 100 valence electrons. The van der Waals surface area contributed by atoms with Crippen molar-refractivity contribution in [3.05, 3.63) is 34.9 Å². The maximum Gasteiger partial charge on any atom is 0.0453 e. The summed E-state index contributed by atoms with van der Waals surface area (Å²) in [5.74, 6) is 0.650. The number of halogens is 1. The first-order valence-corrected chi connectivity index (χ1v) is 7.15. The highest BCUT2D eigenvalue weighted by Gasteiger charge is 2.33. The van der Waals surface area contributed by atoms with Gasteiger partial charge in [-0.15, -0.1) is 0 Å². The van der Waals surface area contributed by atoms with E-state index in [2.05, 4.69) is 43.2 Å². The predicted octanol–water partition coefficient (Wildman–Crippen LogP) is 3.33. The van der Waals surface area contributed by atoms with Crippen LogP contribution in [0.15, 0.2) is 24.3 Å². The molecule has 0 bridgehead atoms. The summed E-state index contributed by atoms with van der Waals surface area (Å²) < 4.78 is 0. The minimum absolute atomic E-state index is 0.449. The van der Waals surface area contributed by atoms with Gasteiger partial charge in [0.05, 0.1) is 0 Å². The highest BCUT2D eigenvalue weighted by molar-refractivity contribution is 6.31. The number of benzene rings is 1. The molecular formula is C15H23ClN2. The standard InChI is InChI=1S/C15H23ClN2/c1-11(2)17-10-12-8-9-18(3)15(12)13-6-4-5-7-14(13)16/h4-7,11-12,15,17H,8-10H2,1-3H3. The van der Waals surface area contributed by atoms with Crippen LogP contribution in [-0.2, 0) is 0 Å². The van der Waals surface area contributed by atoms with Gasteiger partial charge in [-0.25, -0.2) is 0 Å². The molecule has 1 fully saturated rings. The van der Waals surface area contributed by atoms with Crippen LogP contribution in [0.2, 0.25) is 5.02 Å². The van der Waals surface area contributed by atoms with Crippen LogP contribution in [0.3, 0.4) is 0 Å². The molecule has 0 spiro atoms. The largest absolute Gasteiger partial charge is 0.314 e. The van der Waals surface area contributed by atoms with E-state index in [4.69, 9.17) is 11.6 Å². The lowest BCUT2D eigenvalue weighted by atomic mass is 9.93. The van der Waals surface area contributed by atoms with Gasteiger partial charge in [-0.2, -0.15) is 0 Å². The number of nitrogens with zero attached hydrogens (tertiary/aromatic N) is 1. The van der Waals surface area contributed by atoms with E-state index in [0.29, 0.717) is 18.0 Å². The molecule has 2 atom stereocenters. The molecular weight excluding hydrogens is 244 g/mol. The van der Waals surface area contributed by atoms with E-state index in [1.54, 1.807) is 0 Å². The first kappa shape index (κ1) is 13.9. The lowest BCUT2D eigenvalue weighted by Crippen LogP contribution is -2.32. The van der Waals surface area contributed by atoms with Gasteiger partial charge in [0.15, 0.2) is 0 Å². The van der Waals surface area contributed by atoms with Crippen LogP contribution in [0.1, 0.15) is 31.9 Å². The second-order valence-electron chi connectivity index (χ2n) is 5.56. The first-order valence-electron chi connectivity index (χ1n) is 6.77. The SMILES string of the molecule is CC(C)NCC1CCN(C)C1c1ccccc1Cl. The quantitative estimate of drug-likeness (QED) is 0.899. The minimum atomic E-state index is 0.449. The lowest BCUT2D eigenvalue weighted by molar-refractivity contribution is 0.269. The Kier molecular flexibility index (Phi) is 4.66. The highest BCUT2D eigenvalue weighted by atomic mass is 35.5. The van der Waals surface area contributed by atoms with Crippen molar-refractivity contribution >= 4 is 11.6 Å². The zero-order valence-electron chi connectivity index (χ0n) is 11.5. The van der Waals surface area contributed by atoms with E-state index in [9.17, 15) is 0 Å². The summed E-state index contributed by atoms with van der Waals surface area (Å²) in [7, 11) is 2.20. The number of hydrogen-bond acceptors (Lipinski definition) is 2. The van der Waals surface area contributed by atoms with Crippen LogP contribution >= 0.6 is 11.6 Å². The molecule has 0 saturated carbocycles. The van der Waals surface area contributed by atoms with Crippen LogP contribution in [0.4, 0.5) is 0 Å². The summed E-state index contributed by atoms with van der Waals surface area (Å²) in [4.78, 5) is 2.42. The van der Waals surface area contributed by atoms with Gasteiger partial charge in [-0.3, -0.25) is 4.90 Å². The molecule has 2 unspecified atom stereocenters. The second-order valence-corrected chi connectivity index (χ2v) is 5.97. The van der Waals surface area contributed by atoms with Crippen molar-refractivity contribution in [3.8, 4) is 0 Å². The van der Waals surface area contributed by atoms with Gasteiger partial charge in [0.2, 0.25) is 0 Å². The number of hydrogen-bond donors (Lipinski definition) is 1. The van der Waals surface area contributed by atoms with Gasteiger partial charge in [-0.1, -0.05) is 43.6 Å². The lowest BCUT2D eigenvalue weighted by Gasteiger charge is -2.27. The Hall–Kier alpha value is -0.570. The summed E-state index contributed by atoms with van der Waals surface area (Å²) in [6.45, 7) is 6.62. The third-order valence-electron chi connectivity index (χ3n) is 3.79. The predicted molar refractivity (Wildman–Crippen MR) is 78.1 cm³/mol. The summed E-state index contributed by atoms with van der Waals surface area (Å²) in [6, 6.07) is 9.24. The minimum Gasteiger partial charge on any atom is -0.314 e. The van der Waals surface area contributed by atoms with Crippen molar-refractivity contribution < 1.29 is 0 Å². The molecule has 3 heteroatoms. The van der Waals surface area contributed by atoms with Crippen LogP contribution in [-0.4, -0.2) is 31.1 Å². The molecule has 1 N–H and O–H groups in total. The van der Waals surface area contributed by atoms with Gasteiger partial charge in [-0.05, 0) is 37.6 Å². The van der Waals surface area contributed by atoms with Crippen molar-refractivity contribution in [2.75, 3.05) is 20.1 Å². The van der Waals surface area contributed by atoms with Crippen molar-refractivity contribution in [3.63, 3.8) is 0 Å². The van der Waals surface area contributed by atoms with E-state index in [-0.39, 0.29) is 0 Å². The molecule has 1 aromatic carbocycles. The highest BCUT2D eigenvalue weighted by Crippen LogP contribution is 2.38. The molecule has 1 aliphatic rings. The average molecular weight is 267 g/mol. The van der Waals surface area contributed by atoms with E-state index >= 15 is 0 Å². The van der Waals surface area contributed by atoms with Crippen LogP contribution in [0, 0.1) is 5.92 Å². The van der Waals surface area contributed by atoms with Crippen LogP contribution in [0.5, 0.6) is 0 Å². The maximum absolute atomic E-state index is 6.35. The summed E-state index contributed by atoms with van der Waals surface area (Å²) in [5, 5.41) is 4.45. The summed E-state index contributed by atoms with van der Waals surface area (Å²) in [5.41, 5.74) is 1.27. The van der Waals surface area contributed by atoms with Crippen molar-refractivity contribution in [1.29, 1.82) is 0 Å². The average Bonchev–Trinajstić information content (AvgIpc) is 2.69. The number of rotatable bonds is 4. The fraction of sp³-hybridized carbons (Fsp3) is 0.600. The summed E-state index contributed by atoms with van der Waals surface area (Å²) >= 11 is 6.35. The zero-order chi connectivity index (χ0) is 13.1. The molecule has 0 aromatic heterocycles. The van der Waals surface area contributed by atoms with Crippen molar-refractivity contribution in [1.82, 2.24) is 10.2 Å². The molecule has 0 amide bonds. The van der Waals surface area contributed by atoms with Crippen LogP contribution < -0.4 is 5.32 Å². The fourth-order valence-corrected chi connectivity index (χ4v) is 3.08. The maximum atomic E-state index is 6.35. The van der Waals surface area contributed by atoms with E-state index < -0.39 is 0 Å². The van der Waals surface area contributed by atoms with Gasteiger partial charge < -0.3 is 5.32 Å². The molecule has 1 heterocycles. The van der Waals surface area contributed by atoms with Crippen molar-refractivity contribution in [2.24, 2.45) is 5.92 Å². The molecule has 18 heavy (non-hydrogen) atoms. The zero-order valence-corrected chi connectivity index (χ0v) is 12.2. The van der Waals surface area contributed by atoms with E-state index in [0.717, 1.165) is 18.1 Å². The molecule has 1 aromatic rings. The molecule has 0 radical (unpaired) electrons. The molecule has 0 aliphatic carbocycles. The molecule has 2 rings (SSSR count). The van der Waals surface area contributed by atoms with Crippen molar-refractivity contribution in [2.45, 2.75) is 32.4 Å². The Bertz CT molecular complexity index is 392. The first-order chi connectivity index (χ1) is 8.59. The summed E-state index contributed by atoms with van der Waals surface area (Å²) in [6.07, 6.45) is 1.24. The Balaban J connectivity index is 2.15. The number of nitrogens with one attached hydrogen (secondary N) is 1. The Morgan fingerprint density at radius 2 is 2.11 bits per heavy atom. The number of likely N-dealkylation sites (tertiary alicyclic amines) is 1. The molecule has 1 aliphatic heterocycles.